The summed E-state index contributed by atoms with van der Waals surface area (Å²) in [7, 11) is 0. The number of barbiturate groups is 1. The summed E-state index contributed by atoms with van der Waals surface area (Å²) in [4.78, 5) is 50.6. The third-order valence-corrected chi connectivity index (χ3v) is 5.07. The molecule has 1 heterocycles. The molecule has 1 aliphatic rings. The predicted molar refractivity (Wildman–Crippen MR) is 127 cm³/mol. The van der Waals surface area contributed by atoms with Crippen molar-refractivity contribution in [3.05, 3.63) is 94.8 Å². The summed E-state index contributed by atoms with van der Waals surface area (Å²) in [5.41, 5.74) is 0.790. The number of nitrogens with one attached hydrogen (secondary N) is 2. The van der Waals surface area contributed by atoms with Gasteiger partial charge in [-0.2, -0.15) is 0 Å². The van der Waals surface area contributed by atoms with Gasteiger partial charge in [0.15, 0.2) is 6.61 Å². The molecule has 0 atom stereocenters. The van der Waals surface area contributed by atoms with Crippen LogP contribution in [0.3, 0.4) is 0 Å². The summed E-state index contributed by atoms with van der Waals surface area (Å²) in [5.74, 6) is -2.23. The van der Waals surface area contributed by atoms with Gasteiger partial charge in [0, 0.05) is 10.7 Å². The van der Waals surface area contributed by atoms with Gasteiger partial charge in [-0.3, -0.25) is 19.7 Å². The second kappa shape index (κ2) is 10.2. The minimum atomic E-state index is -0.885. The fourth-order valence-electron chi connectivity index (χ4n) is 3.25. The number of amides is 5. The third kappa shape index (κ3) is 5.71. The maximum Gasteiger partial charge on any atom is 0.335 e. The molecule has 0 saturated carbocycles. The molecule has 3 aromatic rings. The minimum Gasteiger partial charge on any atom is -0.484 e. The smallest absolute Gasteiger partial charge is 0.335 e. The van der Waals surface area contributed by atoms with Gasteiger partial charge in [-0.25, -0.2) is 14.1 Å². The Morgan fingerprint density at radius 2 is 1.77 bits per heavy atom. The van der Waals surface area contributed by atoms with Crippen molar-refractivity contribution in [3.8, 4) is 5.75 Å². The van der Waals surface area contributed by atoms with Crippen LogP contribution in [0.2, 0.25) is 5.02 Å². The highest BCUT2D eigenvalue weighted by molar-refractivity contribution is 6.39. The molecule has 5 amide bonds. The number of ether oxygens (including phenoxy) is 1. The quantitative estimate of drug-likeness (QED) is 0.396. The van der Waals surface area contributed by atoms with Gasteiger partial charge in [-0.1, -0.05) is 29.8 Å². The van der Waals surface area contributed by atoms with Crippen LogP contribution in [0.15, 0.2) is 78.4 Å². The van der Waals surface area contributed by atoms with Gasteiger partial charge in [0.2, 0.25) is 0 Å². The van der Waals surface area contributed by atoms with Gasteiger partial charge < -0.3 is 10.1 Å². The first-order valence-corrected chi connectivity index (χ1v) is 10.6. The molecule has 3 aromatic carbocycles. The van der Waals surface area contributed by atoms with Crippen LogP contribution in [0, 0.1) is 5.82 Å². The zero-order chi connectivity index (χ0) is 24.9. The van der Waals surface area contributed by atoms with Crippen LogP contribution in [-0.4, -0.2) is 30.4 Å². The maximum atomic E-state index is 13.0. The number of anilines is 2. The Labute approximate surface area is 203 Å². The predicted octanol–water partition coefficient (Wildman–Crippen LogP) is 4.16. The molecule has 0 unspecified atom stereocenters. The zero-order valence-electron chi connectivity index (χ0n) is 18.0. The van der Waals surface area contributed by atoms with E-state index in [-0.39, 0.29) is 17.9 Å². The van der Waals surface area contributed by atoms with Crippen molar-refractivity contribution in [2.24, 2.45) is 0 Å². The van der Waals surface area contributed by atoms with Gasteiger partial charge in [0.05, 0.1) is 5.69 Å². The summed E-state index contributed by atoms with van der Waals surface area (Å²) in [6.45, 7) is -0.326. The second-order valence-corrected chi connectivity index (χ2v) is 7.79. The molecular formula is C25H17ClFN3O5. The van der Waals surface area contributed by atoms with Crippen molar-refractivity contribution < 1.29 is 28.3 Å². The minimum absolute atomic E-state index is 0.211. The highest BCUT2D eigenvalue weighted by Crippen LogP contribution is 2.25. The third-order valence-electron chi connectivity index (χ3n) is 4.84. The largest absolute Gasteiger partial charge is 0.484 e. The number of rotatable bonds is 6. The molecule has 8 nitrogen and oxygen atoms in total. The fourth-order valence-corrected chi connectivity index (χ4v) is 3.43. The van der Waals surface area contributed by atoms with E-state index in [9.17, 15) is 23.6 Å². The molecule has 10 heteroatoms. The van der Waals surface area contributed by atoms with E-state index in [1.807, 2.05) is 0 Å². The monoisotopic (exact) mass is 493 g/mol. The number of hydrogen-bond acceptors (Lipinski definition) is 5. The number of carbonyl (C=O) groups is 4. The maximum absolute atomic E-state index is 13.0. The lowest BCUT2D eigenvalue weighted by molar-refractivity contribution is -0.122. The van der Waals surface area contributed by atoms with Crippen LogP contribution in [-0.2, 0) is 14.4 Å². The summed E-state index contributed by atoms with van der Waals surface area (Å²) < 4.78 is 18.5. The summed E-state index contributed by atoms with van der Waals surface area (Å²) in [5, 5.41) is 5.03. The van der Waals surface area contributed by atoms with Gasteiger partial charge in [-0.15, -0.1) is 0 Å². The van der Waals surface area contributed by atoms with Crippen molar-refractivity contribution in [1.29, 1.82) is 0 Å². The Bertz CT molecular complexity index is 1360. The molecule has 0 spiro atoms. The molecule has 1 fully saturated rings. The highest BCUT2D eigenvalue weighted by Gasteiger charge is 2.36. The Balaban J connectivity index is 1.48. The number of nitrogens with zero attached hydrogens (tertiary/aromatic N) is 1. The van der Waals surface area contributed by atoms with Crippen LogP contribution in [0.4, 0.5) is 20.6 Å². The molecule has 1 aliphatic heterocycles. The summed E-state index contributed by atoms with van der Waals surface area (Å²) in [6, 6.07) is 16.9. The number of benzene rings is 3. The number of imide groups is 2. The average molecular weight is 494 g/mol. The molecule has 0 bridgehead atoms. The van der Waals surface area contributed by atoms with E-state index in [1.165, 1.54) is 48.5 Å². The highest BCUT2D eigenvalue weighted by atomic mass is 35.5. The SMILES string of the molecule is O=C(COc1cccc(C=C2C(=O)NC(=O)N(c3cccc(Cl)c3)C2=O)c1)Nc1ccc(F)cc1. The van der Waals surface area contributed by atoms with Crippen LogP contribution in [0.25, 0.3) is 6.08 Å². The van der Waals surface area contributed by atoms with Gasteiger partial charge >= 0.3 is 6.03 Å². The first-order chi connectivity index (χ1) is 16.8. The van der Waals surface area contributed by atoms with E-state index >= 15 is 0 Å². The fraction of sp³-hybridized carbons (Fsp3) is 0.0400. The molecule has 0 radical (unpaired) electrons. The van der Waals surface area contributed by atoms with E-state index in [1.54, 1.807) is 30.3 Å². The lowest BCUT2D eigenvalue weighted by Crippen LogP contribution is -2.54. The number of carbonyl (C=O) groups excluding carboxylic acids is 4. The molecule has 0 aliphatic carbocycles. The van der Waals surface area contributed by atoms with Gasteiger partial charge in [-0.05, 0) is 66.2 Å². The van der Waals surface area contributed by atoms with E-state index in [0.29, 0.717) is 22.0 Å². The lowest BCUT2D eigenvalue weighted by Gasteiger charge is -2.26. The Hall–Kier alpha value is -4.50. The van der Waals surface area contributed by atoms with E-state index < -0.39 is 29.6 Å². The van der Waals surface area contributed by atoms with Crippen molar-refractivity contribution in [2.45, 2.75) is 0 Å². The Kier molecular flexibility index (Phi) is 6.88. The lowest BCUT2D eigenvalue weighted by atomic mass is 10.1. The molecule has 2 N–H and O–H groups in total. The van der Waals surface area contributed by atoms with Crippen LogP contribution >= 0.6 is 11.6 Å². The van der Waals surface area contributed by atoms with Crippen molar-refractivity contribution in [1.82, 2.24) is 5.32 Å². The van der Waals surface area contributed by atoms with Crippen molar-refractivity contribution >= 4 is 52.8 Å². The average Bonchev–Trinajstić information content (AvgIpc) is 2.82. The Morgan fingerprint density at radius 1 is 1.03 bits per heavy atom. The van der Waals surface area contributed by atoms with E-state index in [4.69, 9.17) is 16.3 Å². The van der Waals surface area contributed by atoms with Crippen molar-refractivity contribution in [3.63, 3.8) is 0 Å². The topological polar surface area (TPSA) is 105 Å². The van der Waals surface area contributed by atoms with Crippen molar-refractivity contribution in [2.75, 3.05) is 16.8 Å². The molecule has 0 aromatic heterocycles. The molecule has 4 rings (SSSR count). The first-order valence-electron chi connectivity index (χ1n) is 10.3. The number of urea groups is 1. The normalized spacial score (nSPS) is 14.6. The van der Waals surface area contributed by atoms with Gasteiger partial charge in [0.25, 0.3) is 17.7 Å². The standard InChI is InChI=1S/C25H17ClFN3O5/c26-16-4-2-5-19(13-16)30-24(33)21(23(32)29-25(30)34)12-15-3-1-6-20(11-15)35-14-22(31)28-18-9-7-17(27)8-10-18/h1-13H,14H2,(H,28,31)(H,29,32,34). The van der Waals surface area contributed by atoms with Crippen LogP contribution < -0.4 is 20.3 Å². The second-order valence-electron chi connectivity index (χ2n) is 7.35. The molecular weight excluding hydrogens is 477 g/mol. The van der Waals surface area contributed by atoms with Gasteiger partial charge in [0.1, 0.15) is 17.1 Å². The number of halogens is 2. The van der Waals surface area contributed by atoms with Crippen LogP contribution in [0.1, 0.15) is 5.56 Å². The van der Waals surface area contributed by atoms with E-state index in [2.05, 4.69) is 10.6 Å². The first kappa shape index (κ1) is 23.7. The molecule has 1 saturated heterocycles. The molecule has 176 valence electrons. The Morgan fingerprint density at radius 3 is 2.51 bits per heavy atom. The summed E-state index contributed by atoms with van der Waals surface area (Å²) >= 11 is 5.97. The summed E-state index contributed by atoms with van der Waals surface area (Å²) in [6.07, 6.45) is 1.31. The zero-order valence-corrected chi connectivity index (χ0v) is 18.7. The van der Waals surface area contributed by atoms with Crippen LogP contribution in [0.5, 0.6) is 5.75 Å². The number of hydrogen-bond donors (Lipinski definition) is 2. The van der Waals surface area contributed by atoms with E-state index in [0.717, 1.165) is 4.90 Å². The molecule has 35 heavy (non-hydrogen) atoms.